The lowest BCUT2D eigenvalue weighted by molar-refractivity contribution is 0.287. The molecule has 0 aliphatic heterocycles. The number of guanidine groups is 1. The molecule has 2 aromatic heterocycles. The molecule has 3 aromatic rings. The summed E-state index contributed by atoms with van der Waals surface area (Å²) in [5.41, 5.74) is 10.4. The summed E-state index contributed by atoms with van der Waals surface area (Å²) in [6, 6.07) is 6.01. The molecule has 0 fully saturated rings. The molecular formula is C20H25N7O. The van der Waals surface area contributed by atoms with Crippen molar-refractivity contribution in [1.82, 2.24) is 19.9 Å². The average molecular weight is 379 g/mol. The van der Waals surface area contributed by atoms with Gasteiger partial charge < -0.3 is 20.7 Å². The second-order valence-electron chi connectivity index (χ2n) is 6.76. The highest BCUT2D eigenvalue weighted by molar-refractivity contribution is 6.06. The Morgan fingerprint density at radius 2 is 2.14 bits per heavy atom. The third-order valence-corrected chi connectivity index (χ3v) is 4.45. The number of aryl methyl sites for hydroxylation is 1. The fourth-order valence-electron chi connectivity index (χ4n) is 2.96. The molecule has 0 unspecified atom stereocenters. The molecule has 0 atom stereocenters. The van der Waals surface area contributed by atoms with E-state index in [0.29, 0.717) is 30.1 Å². The van der Waals surface area contributed by atoms with E-state index in [-0.39, 0.29) is 6.61 Å². The van der Waals surface area contributed by atoms with Gasteiger partial charge in [0, 0.05) is 38.7 Å². The van der Waals surface area contributed by atoms with Crippen molar-refractivity contribution in [1.29, 1.82) is 0 Å². The third-order valence-electron chi connectivity index (χ3n) is 4.45. The van der Waals surface area contributed by atoms with Crippen LogP contribution in [0.3, 0.4) is 0 Å². The normalized spacial score (nSPS) is 12.7. The fraction of sp³-hybridized carbons (Fsp3) is 0.300. The van der Waals surface area contributed by atoms with Crippen molar-refractivity contribution < 1.29 is 5.11 Å². The van der Waals surface area contributed by atoms with E-state index in [1.807, 2.05) is 39.2 Å². The van der Waals surface area contributed by atoms with Gasteiger partial charge in [0.2, 0.25) is 5.96 Å². The minimum Gasteiger partial charge on any atom is -0.396 e. The highest BCUT2D eigenvalue weighted by Crippen LogP contribution is 2.28. The Hall–Kier alpha value is -3.26. The third kappa shape index (κ3) is 3.86. The molecule has 28 heavy (non-hydrogen) atoms. The van der Waals surface area contributed by atoms with Crippen LogP contribution in [-0.4, -0.2) is 58.3 Å². The maximum absolute atomic E-state index is 9.03. The second kappa shape index (κ2) is 8.18. The number of benzene rings is 1. The first-order valence-electron chi connectivity index (χ1n) is 9.02. The zero-order valence-electron chi connectivity index (χ0n) is 16.4. The summed E-state index contributed by atoms with van der Waals surface area (Å²) in [6.07, 6.45) is 3.07. The number of hydrogen-bond acceptors (Lipinski definition) is 5. The number of nitrogens with zero attached hydrogens (tertiary/aromatic N) is 5. The van der Waals surface area contributed by atoms with Crippen LogP contribution in [0.25, 0.3) is 27.5 Å². The van der Waals surface area contributed by atoms with Crippen molar-refractivity contribution >= 4 is 46.0 Å². The second-order valence-corrected chi connectivity index (χ2v) is 6.76. The molecular weight excluding hydrogens is 354 g/mol. The van der Waals surface area contributed by atoms with E-state index in [4.69, 9.17) is 10.8 Å². The number of imidazole rings is 1. The van der Waals surface area contributed by atoms with Gasteiger partial charge in [-0.15, -0.1) is 0 Å². The van der Waals surface area contributed by atoms with E-state index in [0.717, 1.165) is 33.4 Å². The molecule has 0 saturated carbocycles. The van der Waals surface area contributed by atoms with Crippen molar-refractivity contribution in [3.05, 3.63) is 35.8 Å². The smallest absolute Gasteiger partial charge is 0.224 e. The lowest BCUT2D eigenvalue weighted by Crippen LogP contribution is -2.18. The molecule has 3 rings (SSSR count). The van der Waals surface area contributed by atoms with Gasteiger partial charge >= 0.3 is 0 Å². The van der Waals surface area contributed by atoms with Gasteiger partial charge in [0.05, 0.1) is 11.0 Å². The van der Waals surface area contributed by atoms with Gasteiger partial charge in [0.15, 0.2) is 5.82 Å². The van der Waals surface area contributed by atoms with Gasteiger partial charge in [-0.25, -0.2) is 20.0 Å². The maximum Gasteiger partial charge on any atom is 0.224 e. The molecule has 8 heteroatoms. The van der Waals surface area contributed by atoms with Crippen molar-refractivity contribution in [2.75, 3.05) is 26.4 Å². The number of nitrogens with one attached hydrogen (secondary N) is 1. The predicted octanol–water partition coefficient (Wildman–Crippen LogP) is 2.60. The Kier molecular flexibility index (Phi) is 5.70. The number of fused-ring (bicyclic) bond motifs is 3. The quantitative estimate of drug-likeness (QED) is 0.465. The average Bonchev–Trinajstić information content (AvgIpc) is 3.11. The van der Waals surface area contributed by atoms with E-state index < -0.39 is 0 Å². The number of aromatic amines is 1. The van der Waals surface area contributed by atoms with Crippen molar-refractivity contribution in [3.63, 3.8) is 0 Å². The maximum atomic E-state index is 9.03. The van der Waals surface area contributed by atoms with E-state index >= 15 is 0 Å². The highest BCUT2D eigenvalue weighted by atomic mass is 16.2. The van der Waals surface area contributed by atoms with Gasteiger partial charge in [0.1, 0.15) is 11.3 Å². The number of anilines is 1. The van der Waals surface area contributed by atoms with Crippen LogP contribution in [0.5, 0.6) is 0 Å². The number of allylic oxidation sites excluding steroid dienone is 1. The van der Waals surface area contributed by atoms with Crippen LogP contribution < -0.4 is 5.73 Å². The largest absolute Gasteiger partial charge is 0.396 e. The first-order chi connectivity index (χ1) is 13.4. The Bertz CT molecular complexity index is 1080. The molecule has 0 aliphatic carbocycles. The standard InChI is InChI=1S/C20H25N7O/c1-12(11-23-20(22-2)27(3)4)13-7-8-14-15(10-13)24-19(21)18-17(14)25-16(26-18)6-5-9-28/h7-8,10-11,28H,2,5-6,9H2,1,3-4H3,(H2,21,24)(H,25,26)/b12-11+,23-20+. The summed E-state index contributed by atoms with van der Waals surface area (Å²) >= 11 is 0. The Balaban J connectivity index is 2.04. The Labute approximate surface area is 163 Å². The van der Waals surface area contributed by atoms with Crippen LogP contribution in [0.15, 0.2) is 34.4 Å². The molecule has 0 bridgehead atoms. The zero-order valence-corrected chi connectivity index (χ0v) is 16.4. The van der Waals surface area contributed by atoms with E-state index in [1.165, 1.54) is 0 Å². The van der Waals surface area contributed by atoms with Crippen LogP contribution in [0.4, 0.5) is 5.82 Å². The summed E-state index contributed by atoms with van der Waals surface area (Å²) in [5, 5.41) is 9.98. The highest BCUT2D eigenvalue weighted by Gasteiger charge is 2.12. The first kappa shape index (κ1) is 19.5. The van der Waals surface area contributed by atoms with Crippen molar-refractivity contribution in [2.45, 2.75) is 19.8 Å². The number of aromatic nitrogens is 3. The summed E-state index contributed by atoms with van der Waals surface area (Å²) in [7, 11) is 3.73. The number of nitrogen functional groups attached to an aromatic ring is 1. The van der Waals surface area contributed by atoms with Crippen molar-refractivity contribution in [3.8, 4) is 0 Å². The fourth-order valence-corrected chi connectivity index (χ4v) is 2.96. The Morgan fingerprint density at radius 1 is 1.36 bits per heavy atom. The van der Waals surface area contributed by atoms with E-state index in [1.54, 1.807) is 11.1 Å². The van der Waals surface area contributed by atoms with Crippen LogP contribution in [0.1, 0.15) is 24.7 Å². The lowest BCUT2D eigenvalue weighted by atomic mass is 10.1. The SMILES string of the molecule is C=N/C(=N\C=C(/C)c1ccc2c(c1)nc(N)c1nc(CCCO)[nH]c12)N(C)C. The minimum absolute atomic E-state index is 0.125. The molecule has 4 N–H and O–H groups in total. The molecule has 0 amide bonds. The minimum atomic E-state index is 0.125. The summed E-state index contributed by atoms with van der Waals surface area (Å²) < 4.78 is 0. The number of nitrogens with two attached hydrogens (primary N) is 1. The molecule has 0 radical (unpaired) electrons. The molecule has 0 spiro atoms. The summed E-state index contributed by atoms with van der Waals surface area (Å²) in [6.45, 7) is 5.64. The Morgan fingerprint density at radius 3 is 2.82 bits per heavy atom. The van der Waals surface area contributed by atoms with Crippen LogP contribution in [0.2, 0.25) is 0 Å². The van der Waals surface area contributed by atoms with Crippen LogP contribution in [-0.2, 0) is 6.42 Å². The molecule has 0 saturated heterocycles. The number of rotatable bonds is 5. The number of aliphatic hydroxyl groups excluding tert-OH is 1. The van der Waals surface area contributed by atoms with Crippen LogP contribution >= 0.6 is 0 Å². The van der Waals surface area contributed by atoms with Gasteiger partial charge in [-0.3, -0.25) is 0 Å². The zero-order chi connectivity index (χ0) is 20.3. The van der Waals surface area contributed by atoms with Gasteiger partial charge in [-0.1, -0.05) is 12.1 Å². The monoisotopic (exact) mass is 379 g/mol. The number of aliphatic imine (C=N–C) groups is 2. The van der Waals surface area contributed by atoms with Gasteiger partial charge in [0.25, 0.3) is 0 Å². The lowest BCUT2D eigenvalue weighted by Gasteiger charge is -2.09. The number of aliphatic hydroxyl groups is 1. The molecule has 8 nitrogen and oxygen atoms in total. The van der Waals surface area contributed by atoms with E-state index in [9.17, 15) is 0 Å². The molecule has 1 aromatic carbocycles. The van der Waals surface area contributed by atoms with Crippen LogP contribution in [0, 0.1) is 0 Å². The predicted molar refractivity (Wildman–Crippen MR) is 116 cm³/mol. The summed E-state index contributed by atoms with van der Waals surface area (Å²) in [4.78, 5) is 22.4. The number of hydrogen-bond donors (Lipinski definition) is 3. The summed E-state index contributed by atoms with van der Waals surface area (Å²) in [5.74, 6) is 1.72. The molecule has 0 aliphatic rings. The first-order valence-corrected chi connectivity index (χ1v) is 9.02. The number of pyridine rings is 1. The van der Waals surface area contributed by atoms with E-state index in [2.05, 4.69) is 31.7 Å². The molecule has 146 valence electrons. The van der Waals surface area contributed by atoms with Gasteiger partial charge in [-0.2, -0.15) is 0 Å². The van der Waals surface area contributed by atoms with Gasteiger partial charge in [-0.05, 0) is 37.3 Å². The van der Waals surface area contributed by atoms with Crippen molar-refractivity contribution in [2.24, 2.45) is 9.98 Å². The molecule has 2 heterocycles. The number of H-pyrrole nitrogens is 1. The topological polar surface area (TPSA) is 116 Å².